The number of amides is 1. The highest BCUT2D eigenvalue weighted by Gasteiger charge is 2.26. The van der Waals surface area contributed by atoms with Gasteiger partial charge in [-0.15, -0.1) is 0 Å². The molecule has 2 aliphatic heterocycles. The van der Waals surface area contributed by atoms with Crippen molar-refractivity contribution >= 4 is 28.2 Å². The molecule has 2 fully saturated rings. The van der Waals surface area contributed by atoms with E-state index < -0.39 is 0 Å². The molecule has 1 amide bonds. The number of anilines is 2. The van der Waals surface area contributed by atoms with Crippen LogP contribution in [-0.2, 0) is 6.42 Å². The van der Waals surface area contributed by atoms with Crippen molar-refractivity contribution in [3.8, 4) is 0 Å². The number of likely N-dealkylation sites (N-methyl/N-ethyl adjacent to an activating group) is 1. The van der Waals surface area contributed by atoms with E-state index in [1.165, 1.54) is 18.9 Å². The molecular formula is C32H38FN7O. The van der Waals surface area contributed by atoms with Crippen LogP contribution in [0.5, 0.6) is 0 Å². The molecule has 6 rings (SSSR count). The van der Waals surface area contributed by atoms with Crippen LogP contribution >= 0.6 is 0 Å². The Morgan fingerprint density at radius 2 is 1.76 bits per heavy atom. The predicted octanol–water partition coefficient (Wildman–Crippen LogP) is 4.76. The normalized spacial score (nSPS) is 18.5. The monoisotopic (exact) mass is 555 g/mol. The number of piperazine rings is 1. The Morgan fingerprint density at radius 3 is 2.56 bits per heavy atom. The lowest BCUT2D eigenvalue weighted by Gasteiger charge is -2.38. The SMILES string of the molecule is CN1CCN(c2cccc(C(=O)Nn3ncc4cc(Cc5cccc(F)c5)ccc43)c2NC2CCCCN2C)CC1. The number of rotatable bonds is 7. The number of fused-ring (bicyclic) bond motifs is 1. The Kier molecular flexibility index (Phi) is 7.89. The van der Waals surface area contributed by atoms with Crippen LogP contribution in [0.25, 0.3) is 10.9 Å². The molecule has 2 N–H and O–H groups in total. The third-order valence-corrected chi connectivity index (χ3v) is 8.35. The molecule has 1 atom stereocenters. The number of piperidine rings is 1. The molecule has 4 aromatic rings. The van der Waals surface area contributed by atoms with Crippen LogP contribution < -0.4 is 15.6 Å². The summed E-state index contributed by atoms with van der Waals surface area (Å²) < 4.78 is 13.6. The third-order valence-electron chi connectivity index (χ3n) is 8.35. The van der Waals surface area contributed by atoms with Crippen molar-refractivity contribution in [3.05, 3.63) is 89.4 Å². The van der Waals surface area contributed by atoms with Crippen molar-refractivity contribution in [1.29, 1.82) is 0 Å². The topological polar surface area (TPSA) is 68.7 Å². The fourth-order valence-electron chi connectivity index (χ4n) is 5.94. The number of benzene rings is 3. The Bertz CT molecular complexity index is 1530. The molecule has 9 heteroatoms. The summed E-state index contributed by atoms with van der Waals surface area (Å²) in [6, 6.07) is 18.6. The number of carbonyl (C=O) groups excluding carboxylic acids is 1. The van der Waals surface area contributed by atoms with Crippen molar-refractivity contribution in [2.45, 2.75) is 31.8 Å². The van der Waals surface area contributed by atoms with Gasteiger partial charge in [0.2, 0.25) is 0 Å². The van der Waals surface area contributed by atoms with Crippen molar-refractivity contribution in [2.24, 2.45) is 0 Å². The Balaban J connectivity index is 1.27. The zero-order chi connectivity index (χ0) is 28.3. The van der Waals surface area contributed by atoms with Gasteiger partial charge >= 0.3 is 0 Å². The lowest BCUT2D eigenvalue weighted by Crippen LogP contribution is -2.46. The van der Waals surface area contributed by atoms with E-state index in [9.17, 15) is 9.18 Å². The molecule has 3 heterocycles. The third kappa shape index (κ3) is 6.06. The zero-order valence-corrected chi connectivity index (χ0v) is 23.8. The predicted molar refractivity (Wildman–Crippen MR) is 163 cm³/mol. The summed E-state index contributed by atoms with van der Waals surface area (Å²) in [7, 11) is 4.30. The van der Waals surface area contributed by atoms with Gasteiger partial charge < -0.3 is 15.1 Å². The average Bonchev–Trinajstić information content (AvgIpc) is 3.36. The lowest BCUT2D eigenvalue weighted by molar-refractivity contribution is 0.101. The quantitative estimate of drug-likeness (QED) is 0.343. The van der Waals surface area contributed by atoms with Crippen molar-refractivity contribution < 1.29 is 9.18 Å². The summed E-state index contributed by atoms with van der Waals surface area (Å²) in [5, 5.41) is 9.15. The van der Waals surface area contributed by atoms with Gasteiger partial charge in [-0.2, -0.15) is 9.89 Å². The Hall–Kier alpha value is -3.95. The molecule has 0 radical (unpaired) electrons. The van der Waals surface area contributed by atoms with Crippen LogP contribution in [0.2, 0.25) is 0 Å². The second-order valence-electron chi connectivity index (χ2n) is 11.3. The van der Waals surface area contributed by atoms with E-state index in [4.69, 9.17) is 0 Å². The first-order valence-corrected chi connectivity index (χ1v) is 14.5. The number of hydrogen-bond donors (Lipinski definition) is 2. The lowest BCUT2D eigenvalue weighted by atomic mass is 10.0. The highest BCUT2D eigenvalue weighted by molar-refractivity contribution is 6.07. The summed E-state index contributed by atoms with van der Waals surface area (Å²) >= 11 is 0. The van der Waals surface area contributed by atoms with E-state index in [0.717, 1.165) is 72.5 Å². The molecule has 41 heavy (non-hydrogen) atoms. The Labute approximate surface area is 240 Å². The molecule has 1 aromatic heterocycles. The van der Waals surface area contributed by atoms with Crippen molar-refractivity contribution in [3.63, 3.8) is 0 Å². The van der Waals surface area contributed by atoms with Crippen molar-refractivity contribution in [1.82, 2.24) is 19.7 Å². The first kappa shape index (κ1) is 27.2. The van der Waals surface area contributed by atoms with Gasteiger partial charge in [-0.05, 0) is 93.8 Å². The molecule has 0 saturated carbocycles. The summed E-state index contributed by atoms with van der Waals surface area (Å²) in [6.45, 7) is 4.84. The largest absolute Gasteiger partial charge is 0.367 e. The fraction of sp³-hybridized carbons (Fsp3) is 0.375. The van der Waals surface area contributed by atoms with Gasteiger partial charge in [-0.25, -0.2) is 9.82 Å². The number of aromatic nitrogens is 2. The van der Waals surface area contributed by atoms with Gasteiger partial charge in [0, 0.05) is 31.6 Å². The van der Waals surface area contributed by atoms with Crippen LogP contribution in [0.15, 0.2) is 66.9 Å². The van der Waals surface area contributed by atoms with E-state index >= 15 is 0 Å². The fourth-order valence-corrected chi connectivity index (χ4v) is 5.94. The molecule has 1 unspecified atom stereocenters. The molecule has 8 nitrogen and oxygen atoms in total. The molecule has 214 valence electrons. The number of halogens is 1. The Morgan fingerprint density at radius 1 is 0.951 bits per heavy atom. The smallest absolute Gasteiger partial charge is 0.273 e. The van der Waals surface area contributed by atoms with E-state index in [0.29, 0.717) is 12.0 Å². The molecule has 0 aliphatic carbocycles. The molecule has 0 spiro atoms. The highest BCUT2D eigenvalue weighted by atomic mass is 19.1. The number of carbonyl (C=O) groups is 1. The van der Waals surface area contributed by atoms with Crippen LogP contribution in [0.3, 0.4) is 0 Å². The summed E-state index contributed by atoms with van der Waals surface area (Å²) in [5.41, 5.74) is 8.34. The minimum absolute atomic E-state index is 0.172. The summed E-state index contributed by atoms with van der Waals surface area (Å²) in [4.78, 5) is 22.4. The van der Waals surface area contributed by atoms with Gasteiger partial charge in [0.05, 0.1) is 34.8 Å². The number of hydrogen-bond acceptors (Lipinski definition) is 6. The first-order valence-electron chi connectivity index (χ1n) is 14.5. The van der Waals surface area contributed by atoms with Crippen molar-refractivity contribution in [2.75, 3.05) is 62.5 Å². The van der Waals surface area contributed by atoms with Gasteiger partial charge in [0.15, 0.2) is 0 Å². The summed E-state index contributed by atoms with van der Waals surface area (Å²) in [6.07, 6.45) is 5.94. The van der Waals surface area contributed by atoms with E-state index in [1.807, 2.05) is 36.4 Å². The van der Waals surface area contributed by atoms with Gasteiger partial charge in [-0.1, -0.05) is 24.3 Å². The molecular weight excluding hydrogens is 517 g/mol. The molecule has 2 saturated heterocycles. The highest BCUT2D eigenvalue weighted by Crippen LogP contribution is 2.33. The second kappa shape index (κ2) is 11.9. The zero-order valence-electron chi connectivity index (χ0n) is 23.8. The van der Waals surface area contributed by atoms with Crippen LogP contribution in [0.1, 0.15) is 40.7 Å². The molecule has 2 aliphatic rings. The second-order valence-corrected chi connectivity index (χ2v) is 11.3. The standard InChI is InChI=1S/C32H38FN7O/c1-37-15-17-39(18-16-37)29-10-6-9-27(31(29)35-30-11-3-4-14-38(30)2)32(41)36-40-28-13-12-24(20-25(28)22-34-40)19-23-7-5-8-26(33)21-23/h5-10,12-13,20-22,30,35H,3-4,11,14-19H2,1-2H3,(H,36,41). The van der Waals surface area contributed by atoms with E-state index in [1.54, 1.807) is 23.1 Å². The van der Waals surface area contributed by atoms with Gasteiger partial charge in [0.25, 0.3) is 5.91 Å². The maximum atomic E-state index is 13.8. The van der Waals surface area contributed by atoms with E-state index in [2.05, 4.69) is 50.7 Å². The van der Waals surface area contributed by atoms with Crippen LogP contribution in [0.4, 0.5) is 15.8 Å². The van der Waals surface area contributed by atoms with E-state index in [-0.39, 0.29) is 17.9 Å². The maximum Gasteiger partial charge on any atom is 0.273 e. The number of nitrogens with zero attached hydrogens (tertiary/aromatic N) is 5. The van der Waals surface area contributed by atoms with Gasteiger partial charge in [0.1, 0.15) is 5.82 Å². The average molecular weight is 556 g/mol. The van der Waals surface area contributed by atoms with Crippen LogP contribution in [-0.4, -0.2) is 78.6 Å². The number of likely N-dealkylation sites (tertiary alicyclic amines) is 1. The minimum Gasteiger partial charge on any atom is -0.367 e. The number of para-hydroxylation sites is 1. The first-order chi connectivity index (χ1) is 19.9. The summed E-state index contributed by atoms with van der Waals surface area (Å²) in [5.74, 6) is -0.449. The maximum absolute atomic E-state index is 13.8. The van der Waals surface area contributed by atoms with Gasteiger partial charge in [-0.3, -0.25) is 9.69 Å². The minimum atomic E-state index is -0.236. The number of nitrogens with one attached hydrogen (secondary N) is 2. The molecule has 3 aromatic carbocycles. The molecule has 0 bridgehead atoms. The van der Waals surface area contributed by atoms with Crippen LogP contribution in [0, 0.1) is 5.82 Å².